The van der Waals surface area contributed by atoms with Gasteiger partial charge in [0, 0.05) is 6.54 Å². The fourth-order valence-electron chi connectivity index (χ4n) is 2.49. The summed E-state index contributed by atoms with van der Waals surface area (Å²) in [4.78, 5) is 23.9. The highest BCUT2D eigenvalue weighted by molar-refractivity contribution is 7.90. The van der Waals surface area contributed by atoms with Gasteiger partial charge in [0.05, 0.1) is 22.8 Å². The van der Waals surface area contributed by atoms with E-state index in [0.29, 0.717) is 24.1 Å². The Kier molecular flexibility index (Phi) is 8.00. The molecule has 0 bridgehead atoms. The molecule has 1 amide bonds. The van der Waals surface area contributed by atoms with Crippen LogP contribution >= 0.6 is 0 Å². The largest absolute Gasteiger partial charge is 0.462 e. The van der Waals surface area contributed by atoms with E-state index in [2.05, 4.69) is 5.32 Å². The number of sulfone groups is 1. The first-order valence-electron chi connectivity index (χ1n) is 9.57. The number of amides is 1. The Bertz CT molecular complexity index is 947. The van der Waals surface area contributed by atoms with Crippen molar-refractivity contribution in [2.24, 2.45) is 0 Å². The highest BCUT2D eigenvalue weighted by atomic mass is 32.2. The highest BCUT2D eigenvalue weighted by Gasteiger charge is 2.16. The minimum atomic E-state index is -3.45. The fourth-order valence-corrected chi connectivity index (χ4v) is 3.86. The monoisotopic (exact) mass is 433 g/mol. The first-order chi connectivity index (χ1) is 14.1. The Morgan fingerprint density at radius 1 is 0.967 bits per heavy atom. The van der Waals surface area contributed by atoms with E-state index in [1.54, 1.807) is 63.2 Å². The summed E-state index contributed by atoms with van der Waals surface area (Å²) < 4.78 is 35.1. The molecule has 0 saturated heterocycles. The Morgan fingerprint density at radius 3 is 2.20 bits per heavy atom. The first kappa shape index (κ1) is 23.4. The van der Waals surface area contributed by atoms with Crippen molar-refractivity contribution in [2.75, 3.05) is 13.2 Å². The van der Waals surface area contributed by atoms with Crippen LogP contribution in [0.2, 0.25) is 0 Å². The molecule has 0 fully saturated rings. The molecule has 0 aromatic heterocycles. The summed E-state index contributed by atoms with van der Waals surface area (Å²) in [7, 11) is -3.45. The average molecular weight is 434 g/mol. The topological polar surface area (TPSA) is 98.8 Å². The van der Waals surface area contributed by atoms with E-state index in [9.17, 15) is 18.0 Å². The normalized spacial score (nSPS) is 11.6. The minimum Gasteiger partial charge on any atom is -0.462 e. The standard InChI is InChI=1S/C22H27NO6S/c1-22(2,3)29-21(25)23-14-7-15-28-20(24)18-12-10-17(11-13-18)16-30(26,27)19-8-5-4-6-9-19/h4-6,8-13H,7,14-16H2,1-3H3,(H,23,25). The molecule has 0 saturated carbocycles. The predicted molar refractivity (Wildman–Crippen MR) is 113 cm³/mol. The van der Waals surface area contributed by atoms with Crippen LogP contribution in [-0.4, -0.2) is 39.2 Å². The van der Waals surface area contributed by atoms with Crippen molar-refractivity contribution in [3.05, 3.63) is 65.7 Å². The zero-order valence-corrected chi connectivity index (χ0v) is 18.2. The number of rotatable bonds is 8. The second-order valence-electron chi connectivity index (χ2n) is 7.69. The lowest BCUT2D eigenvalue weighted by molar-refractivity contribution is 0.0483. The maximum Gasteiger partial charge on any atom is 0.407 e. The highest BCUT2D eigenvalue weighted by Crippen LogP contribution is 2.17. The Labute approximate surface area is 177 Å². The van der Waals surface area contributed by atoms with Crippen LogP contribution in [0.3, 0.4) is 0 Å². The number of alkyl carbamates (subject to hydrolysis) is 1. The van der Waals surface area contributed by atoms with Gasteiger partial charge in [-0.1, -0.05) is 30.3 Å². The molecule has 0 unspecified atom stereocenters. The van der Waals surface area contributed by atoms with E-state index in [1.165, 1.54) is 12.1 Å². The lowest BCUT2D eigenvalue weighted by Crippen LogP contribution is -2.33. The molecule has 0 aliphatic heterocycles. The number of esters is 1. The van der Waals surface area contributed by atoms with Crippen LogP contribution in [0.25, 0.3) is 0 Å². The summed E-state index contributed by atoms with van der Waals surface area (Å²) in [5, 5.41) is 2.59. The van der Waals surface area contributed by atoms with Crippen molar-refractivity contribution >= 4 is 21.9 Å². The minimum absolute atomic E-state index is 0.138. The number of nitrogens with one attached hydrogen (secondary N) is 1. The number of carbonyl (C=O) groups excluding carboxylic acids is 2. The average Bonchev–Trinajstić information content (AvgIpc) is 2.67. The number of hydrogen-bond acceptors (Lipinski definition) is 6. The molecular formula is C22H27NO6S. The van der Waals surface area contributed by atoms with Crippen molar-refractivity contribution < 1.29 is 27.5 Å². The van der Waals surface area contributed by atoms with Gasteiger partial charge in [-0.2, -0.15) is 0 Å². The zero-order valence-electron chi connectivity index (χ0n) is 17.4. The molecule has 2 aromatic carbocycles. The quantitative estimate of drug-likeness (QED) is 0.503. The van der Waals surface area contributed by atoms with E-state index < -0.39 is 27.5 Å². The maximum atomic E-state index is 12.4. The van der Waals surface area contributed by atoms with Crippen molar-refractivity contribution in [3.8, 4) is 0 Å². The molecule has 0 radical (unpaired) electrons. The van der Waals surface area contributed by atoms with E-state index in [4.69, 9.17) is 9.47 Å². The molecule has 0 spiro atoms. The van der Waals surface area contributed by atoms with Gasteiger partial charge in [0.15, 0.2) is 9.84 Å². The van der Waals surface area contributed by atoms with Crippen molar-refractivity contribution in [1.29, 1.82) is 0 Å². The maximum absolute atomic E-state index is 12.4. The Balaban J connectivity index is 1.78. The number of benzene rings is 2. The SMILES string of the molecule is CC(C)(C)OC(=O)NCCCOC(=O)c1ccc(CS(=O)(=O)c2ccccc2)cc1. The van der Waals surface area contributed by atoms with Gasteiger partial charge in [0.25, 0.3) is 0 Å². The van der Waals surface area contributed by atoms with E-state index >= 15 is 0 Å². The molecular weight excluding hydrogens is 406 g/mol. The van der Waals surface area contributed by atoms with Crippen LogP contribution < -0.4 is 5.32 Å². The third-order valence-electron chi connectivity index (χ3n) is 3.87. The van der Waals surface area contributed by atoms with Gasteiger partial charge >= 0.3 is 12.1 Å². The molecule has 2 aromatic rings. The summed E-state index contributed by atoms with van der Waals surface area (Å²) in [5.41, 5.74) is 0.344. The van der Waals surface area contributed by atoms with Gasteiger partial charge in [-0.15, -0.1) is 0 Å². The van der Waals surface area contributed by atoms with E-state index in [1.807, 2.05) is 0 Å². The molecule has 7 nitrogen and oxygen atoms in total. The van der Waals surface area contributed by atoms with Crippen molar-refractivity contribution in [3.63, 3.8) is 0 Å². The lowest BCUT2D eigenvalue weighted by atomic mass is 10.1. The number of ether oxygens (including phenoxy) is 2. The molecule has 0 aliphatic rings. The van der Waals surface area contributed by atoms with Crippen LogP contribution in [0.4, 0.5) is 4.79 Å². The van der Waals surface area contributed by atoms with E-state index in [-0.39, 0.29) is 17.3 Å². The van der Waals surface area contributed by atoms with Crippen molar-refractivity contribution in [1.82, 2.24) is 5.32 Å². The second-order valence-corrected chi connectivity index (χ2v) is 9.68. The van der Waals surface area contributed by atoms with Gasteiger partial charge in [-0.05, 0) is 57.0 Å². The van der Waals surface area contributed by atoms with Gasteiger partial charge < -0.3 is 14.8 Å². The molecule has 1 N–H and O–H groups in total. The van der Waals surface area contributed by atoms with Crippen LogP contribution in [-0.2, 0) is 25.1 Å². The third kappa shape index (κ3) is 7.87. The Morgan fingerprint density at radius 2 is 1.60 bits per heavy atom. The van der Waals surface area contributed by atoms with Gasteiger partial charge in [-0.3, -0.25) is 0 Å². The van der Waals surface area contributed by atoms with Gasteiger partial charge in [0.2, 0.25) is 0 Å². The number of hydrogen-bond donors (Lipinski definition) is 1. The van der Waals surface area contributed by atoms with Crippen LogP contribution in [0.5, 0.6) is 0 Å². The first-order valence-corrected chi connectivity index (χ1v) is 11.2. The number of carbonyl (C=O) groups is 2. The van der Waals surface area contributed by atoms with E-state index in [0.717, 1.165) is 0 Å². The zero-order chi connectivity index (χ0) is 22.2. The Hall–Kier alpha value is -2.87. The van der Waals surface area contributed by atoms with Crippen LogP contribution in [0, 0.1) is 0 Å². The van der Waals surface area contributed by atoms with Gasteiger partial charge in [0.1, 0.15) is 5.60 Å². The molecule has 2 rings (SSSR count). The van der Waals surface area contributed by atoms with Crippen LogP contribution in [0.1, 0.15) is 43.1 Å². The molecule has 30 heavy (non-hydrogen) atoms. The molecule has 0 heterocycles. The second kappa shape index (κ2) is 10.2. The predicted octanol–water partition coefficient (Wildman–Crippen LogP) is 3.73. The molecule has 162 valence electrons. The smallest absolute Gasteiger partial charge is 0.407 e. The summed E-state index contributed by atoms with van der Waals surface area (Å²) in [5.74, 6) is -0.660. The fraction of sp³-hybridized carbons (Fsp3) is 0.364. The van der Waals surface area contributed by atoms with Gasteiger partial charge in [-0.25, -0.2) is 18.0 Å². The molecule has 0 atom stereocenters. The molecule has 8 heteroatoms. The lowest BCUT2D eigenvalue weighted by Gasteiger charge is -2.19. The summed E-state index contributed by atoms with van der Waals surface area (Å²) >= 11 is 0. The third-order valence-corrected chi connectivity index (χ3v) is 5.57. The summed E-state index contributed by atoms with van der Waals surface area (Å²) in [6.45, 7) is 5.78. The molecule has 0 aliphatic carbocycles. The van der Waals surface area contributed by atoms with Crippen molar-refractivity contribution in [2.45, 2.75) is 43.4 Å². The summed E-state index contributed by atoms with van der Waals surface area (Å²) in [6.07, 6.45) is -0.0758. The van der Waals surface area contributed by atoms with Crippen LogP contribution in [0.15, 0.2) is 59.5 Å². The summed E-state index contributed by atoms with van der Waals surface area (Å²) in [6, 6.07) is 14.5.